The minimum atomic E-state index is -0.318. The molecule has 2 aromatic rings. The maximum atomic E-state index is 12.4. The van der Waals surface area contributed by atoms with Gasteiger partial charge in [0, 0.05) is 36.2 Å². The number of benzene rings is 1. The van der Waals surface area contributed by atoms with Gasteiger partial charge in [0.2, 0.25) is 11.8 Å². The summed E-state index contributed by atoms with van der Waals surface area (Å²) in [5.74, 6) is -0.232. The fourth-order valence-electron chi connectivity index (χ4n) is 2.98. The maximum absolute atomic E-state index is 12.4. The Bertz CT molecular complexity index is 928. The molecule has 29 heavy (non-hydrogen) atoms. The van der Waals surface area contributed by atoms with E-state index in [1.165, 1.54) is 4.90 Å². The predicted molar refractivity (Wildman–Crippen MR) is 111 cm³/mol. The summed E-state index contributed by atoms with van der Waals surface area (Å²) in [6.07, 6.45) is 2.34. The van der Waals surface area contributed by atoms with E-state index >= 15 is 0 Å². The number of rotatable bonds is 8. The van der Waals surface area contributed by atoms with Crippen molar-refractivity contribution < 1.29 is 19.1 Å². The van der Waals surface area contributed by atoms with Crippen molar-refractivity contribution in [3.63, 3.8) is 0 Å². The van der Waals surface area contributed by atoms with Gasteiger partial charge in [-0.3, -0.25) is 19.3 Å². The number of halogens is 1. The minimum absolute atomic E-state index is 0.0525. The SMILES string of the molecule is CC(C)Oc1ccc(CNC(=O)CCCN2C(=O)c3ccc(Br)cc3C2=O)cn1. The molecule has 3 amide bonds. The summed E-state index contributed by atoms with van der Waals surface area (Å²) in [7, 11) is 0. The van der Waals surface area contributed by atoms with Crippen LogP contribution < -0.4 is 10.1 Å². The van der Waals surface area contributed by atoms with Crippen molar-refractivity contribution >= 4 is 33.7 Å². The second-order valence-electron chi connectivity index (χ2n) is 7.00. The zero-order valence-corrected chi connectivity index (χ0v) is 17.9. The van der Waals surface area contributed by atoms with E-state index in [-0.39, 0.29) is 36.8 Å². The summed E-state index contributed by atoms with van der Waals surface area (Å²) in [5, 5.41) is 2.82. The number of nitrogens with zero attached hydrogens (tertiary/aromatic N) is 2. The van der Waals surface area contributed by atoms with E-state index in [2.05, 4.69) is 26.2 Å². The van der Waals surface area contributed by atoms with Gasteiger partial charge in [0.15, 0.2) is 0 Å². The number of fused-ring (bicyclic) bond motifs is 1. The Morgan fingerprint density at radius 1 is 1.17 bits per heavy atom. The van der Waals surface area contributed by atoms with Gasteiger partial charge in [0.25, 0.3) is 11.8 Å². The van der Waals surface area contributed by atoms with Crippen molar-refractivity contribution in [3.8, 4) is 5.88 Å². The quantitative estimate of drug-likeness (QED) is 0.611. The van der Waals surface area contributed by atoms with Crippen molar-refractivity contribution in [2.24, 2.45) is 0 Å². The van der Waals surface area contributed by atoms with Crippen molar-refractivity contribution in [2.45, 2.75) is 39.3 Å². The number of carbonyl (C=O) groups is 3. The number of amides is 3. The second-order valence-corrected chi connectivity index (χ2v) is 7.92. The molecular weight excluding hydrogens is 438 g/mol. The predicted octanol–water partition coefficient (Wildman–Crippen LogP) is 3.32. The first-order valence-electron chi connectivity index (χ1n) is 9.39. The first-order valence-corrected chi connectivity index (χ1v) is 10.2. The van der Waals surface area contributed by atoms with E-state index in [0.717, 1.165) is 10.0 Å². The number of nitrogens with one attached hydrogen (secondary N) is 1. The number of imide groups is 1. The van der Waals surface area contributed by atoms with Gasteiger partial charge in [-0.05, 0) is 44.0 Å². The summed E-state index contributed by atoms with van der Waals surface area (Å²) in [6, 6.07) is 8.63. The van der Waals surface area contributed by atoms with Crippen LogP contribution in [-0.2, 0) is 11.3 Å². The van der Waals surface area contributed by atoms with E-state index in [1.807, 2.05) is 19.9 Å². The Morgan fingerprint density at radius 3 is 2.62 bits per heavy atom. The first kappa shape index (κ1) is 21.0. The van der Waals surface area contributed by atoms with Gasteiger partial charge in [-0.1, -0.05) is 22.0 Å². The van der Waals surface area contributed by atoms with Gasteiger partial charge < -0.3 is 10.1 Å². The molecule has 0 bridgehead atoms. The standard InChI is InChI=1S/C21H22BrN3O4/c1-13(2)29-19-8-5-14(12-24-19)11-23-18(26)4-3-9-25-20(27)16-7-6-15(22)10-17(16)21(25)28/h5-8,10,12-13H,3-4,9,11H2,1-2H3,(H,23,26). The van der Waals surface area contributed by atoms with E-state index < -0.39 is 0 Å². The molecule has 152 valence electrons. The summed E-state index contributed by atoms with van der Waals surface area (Å²) < 4.78 is 6.23. The molecule has 1 aliphatic heterocycles. The molecule has 1 aliphatic rings. The van der Waals surface area contributed by atoms with Crippen LogP contribution in [0.4, 0.5) is 0 Å². The molecule has 8 heteroatoms. The highest BCUT2D eigenvalue weighted by atomic mass is 79.9. The zero-order chi connectivity index (χ0) is 21.0. The molecule has 0 unspecified atom stereocenters. The number of hydrogen-bond donors (Lipinski definition) is 1. The lowest BCUT2D eigenvalue weighted by Gasteiger charge is -2.13. The minimum Gasteiger partial charge on any atom is -0.475 e. The van der Waals surface area contributed by atoms with Gasteiger partial charge >= 0.3 is 0 Å². The smallest absolute Gasteiger partial charge is 0.261 e. The number of aromatic nitrogens is 1. The highest BCUT2D eigenvalue weighted by Gasteiger charge is 2.35. The van der Waals surface area contributed by atoms with Gasteiger partial charge in [0.05, 0.1) is 17.2 Å². The van der Waals surface area contributed by atoms with Crippen LogP contribution in [0.25, 0.3) is 0 Å². The molecule has 3 rings (SSSR count). The lowest BCUT2D eigenvalue weighted by molar-refractivity contribution is -0.121. The number of pyridine rings is 1. The highest BCUT2D eigenvalue weighted by molar-refractivity contribution is 9.10. The molecule has 1 aromatic heterocycles. The maximum Gasteiger partial charge on any atom is 0.261 e. The highest BCUT2D eigenvalue weighted by Crippen LogP contribution is 2.26. The van der Waals surface area contributed by atoms with Crippen molar-refractivity contribution in [1.82, 2.24) is 15.2 Å². The Kier molecular flexibility index (Phi) is 6.64. The number of ether oxygens (including phenoxy) is 1. The molecule has 0 saturated carbocycles. The van der Waals surface area contributed by atoms with E-state index in [0.29, 0.717) is 30.0 Å². The van der Waals surface area contributed by atoms with Crippen LogP contribution in [0.15, 0.2) is 41.0 Å². The molecule has 0 aliphatic carbocycles. The molecule has 1 N–H and O–H groups in total. The van der Waals surface area contributed by atoms with Crippen LogP contribution in [0.2, 0.25) is 0 Å². The van der Waals surface area contributed by atoms with Crippen molar-refractivity contribution in [3.05, 3.63) is 57.7 Å². The molecule has 0 fully saturated rings. The Hall–Kier alpha value is -2.74. The van der Waals surface area contributed by atoms with Gasteiger partial charge in [-0.25, -0.2) is 4.98 Å². The average molecular weight is 460 g/mol. The Morgan fingerprint density at radius 2 is 1.93 bits per heavy atom. The average Bonchev–Trinajstić information content (AvgIpc) is 2.91. The molecule has 1 aromatic carbocycles. The fraction of sp³-hybridized carbons (Fsp3) is 0.333. The topological polar surface area (TPSA) is 88.6 Å². The van der Waals surface area contributed by atoms with E-state index in [4.69, 9.17) is 4.74 Å². The molecule has 7 nitrogen and oxygen atoms in total. The van der Waals surface area contributed by atoms with Gasteiger partial charge in [-0.2, -0.15) is 0 Å². The van der Waals surface area contributed by atoms with Crippen molar-refractivity contribution in [2.75, 3.05) is 6.54 Å². The Labute approximate surface area is 177 Å². The zero-order valence-electron chi connectivity index (χ0n) is 16.3. The molecule has 2 heterocycles. The summed E-state index contributed by atoms with van der Waals surface area (Å²) >= 11 is 3.31. The lowest BCUT2D eigenvalue weighted by Crippen LogP contribution is -2.32. The van der Waals surface area contributed by atoms with Gasteiger partial charge in [0.1, 0.15) is 0 Å². The van der Waals surface area contributed by atoms with E-state index in [9.17, 15) is 14.4 Å². The molecular formula is C21H22BrN3O4. The van der Waals surface area contributed by atoms with Gasteiger partial charge in [-0.15, -0.1) is 0 Å². The second kappa shape index (κ2) is 9.17. The normalized spacial score (nSPS) is 13.0. The van der Waals surface area contributed by atoms with Crippen LogP contribution in [0.3, 0.4) is 0 Å². The first-order chi connectivity index (χ1) is 13.8. The third-order valence-corrected chi connectivity index (χ3v) is 4.86. The largest absolute Gasteiger partial charge is 0.475 e. The monoisotopic (exact) mass is 459 g/mol. The molecule has 0 radical (unpaired) electrons. The number of carbonyl (C=O) groups excluding carboxylic acids is 3. The van der Waals surface area contributed by atoms with E-state index in [1.54, 1.807) is 30.5 Å². The van der Waals surface area contributed by atoms with Crippen LogP contribution in [0, 0.1) is 0 Å². The third-order valence-electron chi connectivity index (χ3n) is 4.36. The van der Waals surface area contributed by atoms with Crippen LogP contribution in [-0.4, -0.2) is 40.3 Å². The van der Waals surface area contributed by atoms with Crippen LogP contribution >= 0.6 is 15.9 Å². The summed E-state index contributed by atoms with van der Waals surface area (Å²) in [5.41, 5.74) is 1.66. The fourth-order valence-corrected chi connectivity index (χ4v) is 3.34. The third kappa shape index (κ3) is 5.20. The lowest BCUT2D eigenvalue weighted by atomic mass is 10.1. The van der Waals surface area contributed by atoms with Crippen LogP contribution in [0.1, 0.15) is 53.0 Å². The Balaban J connectivity index is 1.43. The molecule has 0 atom stereocenters. The molecule has 0 saturated heterocycles. The number of hydrogen-bond acceptors (Lipinski definition) is 5. The summed E-state index contributed by atoms with van der Waals surface area (Å²) in [4.78, 5) is 42.2. The molecule has 0 spiro atoms. The van der Waals surface area contributed by atoms with Crippen LogP contribution in [0.5, 0.6) is 5.88 Å². The summed E-state index contributed by atoms with van der Waals surface area (Å²) in [6.45, 7) is 4.42. The van der Waals surface area contributed by atoms with Crippen molar-refractivity contribution in [1.29, 1.82) is 0 Å².